The Balaban J connectivity index is 4.17. The molecule has 0 rings (SSSR count). The van der Waals surface area contributed by atoms with Crippen LogP contribution in [0.5, 0.6) is 0 Å². The predicted molar refractivity (Wildman–Crippen MR) is 78.5 cm³/mol. The van der Waals surface area contributed by atoms with Crippen LogP contribution in [0.3, 0.4) is 0 Å². The average Bonchev–Trinajstić information content (AvgIpc) is 2.30. The van der Waals surface area contributed by atoms with E-state index in [0.29, 0.717) is 12.1 Å². The van der Waals surface area contributed by atoms with Crippen molar-refractivity contribution in [2.45, 2.75) is 72.9 Å². The van der Waals surface area contributed by atoms with Gasteiger partial charge in [-0.2, -0.15) is 0 Å². The fourth-order valence-corrected chi connectivity index (χ4v) is 2.35. The van der Waals surface area contributed by atoms with Crippen LogP contribution in [0.4, 0.5) is 0 Å². The molecule has 0 aliphatic rings. The Hall–Kier alpha value is -0.0800. The van der Waals surface area contributed by atoms with Crippen molar-refractivity contribution in [3.63, 3.8) is 0 Å². The minimum absolute atomic E-state index is 0.658. The summed E-state index contributed by atoms with van der Waals surface area (Å²) >= 11 is 0. The van der Waals surface area contributed by atoms with Gasteiger partial charge in [0.05, 0.1) is 0 Å². The van der Waals surface area contributed by atoms with Crippen molar-refractivity contribution in [2.75, 3.05) is 19.6 Å². The van der Waals surface area contributed by atoms with Gasteiger partial charge >= 0.3 is 0 Å². The smallest absolute Gasteiger partial charge is 0.0107 e. The Labute approximate surface area is 109 Å². The Morgan fingerprint density at radius 3 is 2.12 bits per heavy atom. The number of hydrogen-bond acceptors (Lipinski definition) is 2. The van der Waals surface area contributed by atoms with Crippen molar-refractivity contribution in [3.8, 4) is 0 Å². The highest BCUT2D eigenvalue weighted by atomic mass is 15.2. The van der Waals surface area contributed by atoms with Crippen molar-refractivity contribution in [1.29, 1.82) is 0 Å². The van der Waals surface area contributed by atoms with Gasteiger partial charge < -0.3 is 5.32 Å². The maximum absolute atomic E-state index is 3.46. The number of nitrogens with one attached hydrogen (secondary N) is 1. The molecule has 17 heavy (non-hydrogen) atoms. The zero-order chi connectivity index (χ0) is 13.3. The molecular formula is C15H34N2. The van der Waals surface area contributed by atoms with Crippen LogP contribution < -0.4 is 5.32 Å². The SMILES string of the molecule is CCCCCN(C(C)C)C(C)C(C)CNCC. The molecule has 0 aromatic carbocycles. The number of unbranched alkanes of at least 4 members (excludes halogenated alkanes) is 2. The van der Waals surface area contributed by atoms with Crippen molar-refractivity contribution >= 4 is 0 Å². The van der Waals surface area contributed by atoms with Crippen molar-refractivity contribution in [2.24, 2.45) is 5.92 Å². The molecule has 0 aromatic rings. The predicted octanol–water partition coefficient (Wildman–Crippen LogP) is 3.52. The van der Waals surface area contributed by atoms with Gasteiger partial charge in [0, 0.05) is 12.1 Å². The largest absolute Gasteiger partial charge is 0.317 e. The quantitative estimate of drug-likeness (QED) is 0.590. The average molecular weight is 242 g/mol. The lowest BCUT2D eigenvalue weighted by Gasteiger charge is -2.36. The van der Waals surface area contributed by atoms with E-state index in [0.717, 1.165) is 19.0 Å². The highest BCUT2D eigenvalue weighted by Crippen LogP contribution is 2.15. The topological polar surface area (TPSA) is 15.3 Å². The van der Waals surface area contributed by atoms with Gasteiger partial charge in [0.2, 0.25) is 0 Å². The molecule has 0 heterocycles. The molecule has 0 aliphatic carbocycles. The molecule has 0 saturated heterocycles. The van der Waals surface area contributed by atoms with E-state index in [-0.39, 0.29) is 0 Å². The summed E-state index contributed by atoms with van der Waals surface area (Å²) in [5, 5.41) is 3.46. The first-order valence-corrected chi connectivity index (χ1v) is 7.50. The van der Waals surface area contributed by atoms with Crippen LogP contribution in [0.2, 0.25) is 0 Å². The van der Waals surface area contributed by atoms with E-state index < -0.39 is 0 Å². The Bertz CT molecular complexity index is 168. The van der Waals surface area contributed by atoms with E-state index in [1.165, 1.54) is 25.8 Å². The van der Waals surface area contributed by atoms with Crippen LogP contribution in [-0.4, -0.2) is 36.6 Å². The monoisotopic (exact) mass is 242 g/mol. The van der Waals surface area contributed by atoms with E-state index in [9.17, 15) is 0 Å². The number of rotatable bonds is 10. The third kappa shape index (κ3) is 7.05. The van der Waals surface area contributed by atoms with Crippen LogP contribution in [0.25, 0.3) is 0 Å². The van der Waals surface area contributed by atoms with Crippen LogP contribution >= 0.6 is 0 Å². The highest BCUT2D eigenvalue weighted by Gasteiger charge is 2.21. The summed E-state index contributed by atoms with van der Waals surface area (Å²) in [5.74, 6) is 0.721. The van der Waals surface area contributed by atoms with Gasteiger partial charge in [0.25, 0.3) is 0 Å². The highest BCUT2D eigenvalue weighted by molar-refractivity contribution is 4.77. The maximum atomic E-state index is 3.46. The fourth-order valence-electron chi connectivity index (χ4n) is 2.35. The molecule has 2 nitrogen and oxygen atoms in total. The first-order valence-electron chi connectivity index (χ1n) is 7.50. The second kappa shape index (κ2) is 9.90. The standard InChI is InChI=1S/C15H34N2/c1-7-9-10-11-17(13(3)4)15(6)14(5)12-16-8-2/h13-16H,7-12H2,1-6H3. The molecule has 1 N–H and O–H groups in total. The molecule has 2 heteroatoms. The third-order valence-electron chi connectivity index (χ3n) is 3.75. The Morgan fingerprint density at radius 1 is 1.00 bits per heavy atom. The molecular weight excluding hydrogens is 208 g/mol. The molecule has 0 amide bonds. The molecule has 0 saturated carbocycles. The van der Waals surface area contributed by atoms with Gasteiger partial charge in [-0.15, -0.1) is 0 Å². The van der Waals surface area contributed by atoms with Gasteiger partial charge in [0.1, 0.15) is 0 Å². The Morgan fingerprint density at radius 2 is 1.65 bits per heavy atom. The first-order chi connectivity index (χ1) is 8.04. The zero-order valence-corrected chi connectivity index (χ0v) is 12.9. The van der Waals surface area contributed by atoms with E-state index in [2.05, 4.69) is 51.8 Å². The van der Waals surface area contributed by atoms with Crippen LogP contribution in [0.1, 0.15) is 60.8 Å². The lowest BCUT2D eigenvalue weighted by Crippen LogP contribution is -2.45. The van der Waals surface area contributed by atoms with Crippen molar-refractivity contribution < 1.29 is 0 Å². The lowest BCUT2D eigenvalue weighted by molar-refractivity contribution is 0.121. The summed E-state index contributed by atoms with van der Waals surface area (Å²) in [6, 6.07) is 1.33. The molecule has 2 unspecified atom stereocenters. The second-order valence-electron chi connectivity index (χ2n) is 5.56. The van der Waals surface area contributed by atoms with E-state index in [1.807, 2.05) is 0 Å². The second-order valence-corrected chi connectivity index (χ2v) is 5.56. The molecule has 2 atom stereocenters. The van der Waals surface area contributed by atoms with Crippen LogP contribution in [0, 0.1) is 5.92 Å². The Kier molecular flexibility index (Phi) is 9.85. The van der Waals surface area contributed by atoms with Gasteiger partial charge in [-0.3, -0.25) is 4.90 Å². The molecule has 104 valence electrons. The maximum Gasteiger partial charge on any atom is 0.0107 e. The summed E-state index contributed by atoms with van der Waals surface area (Å²) < 4.78 is 0. The summed E-state index contributed by atoms with van der Waals surface area (Å²) in [6.07, 6.45) is 4.01. The molecule has 0 aliphatic heterocycles. The minimum atomic E-state index is 0.658. The summed E-state index contributed by atoms with van der Waals surface area (Å²) in [5.41, 5.74) is 0. The summed E-state index contributed by atoms with van der Waals surface area (Å²) in [7, 11) is 0. The van der Waals surface area contributed by atoms with E-state index in [1.54, 1.807) is 0 Å². The van der Waals surface area contributed by atoms with Crippen molar-refractivity contribution in [1.82, 2.24) is 10.2 Å². The summed E-state index contributed by atoms with van der Waals surface area (Å²) in [4.78, 5) is 2.66. The first kappa shape index (κ1) is 16.9. The third-order valence-corrected chi connectivity index (χ3v) is 3.75. The minimum Gasteiger partial charge on any atom is -0.317 e. The van der Waals surface area contributed by atoms with Crippen LogP contribution in [0.15, 0.2) is 0 Å². The zero-order valence-electron chi connectivity index (χ0n) is 12.9. The number of hydrogen-bond donors (Lipinski definition) is 1. The van der Waals surface area contributed by atoms with Crippen molar-refractivity contribution in [3.05, 3.63) is 0 Å². The lowest BCUT2D eigenvalue weighted by atomic mass is 10.00. The fraction of sp³-hybridized carbons (Fsp3) is 1.00. The number of nitrogens with zero attached hydrogens (tertiary/aromatic N) is 1. The van der Waals surface area contributed by atoms with Gasteiger partial charge in [-0.05, 0) is 52.7 Å². The molecule has 0 spiro atoms. The van der Waals surface area contributed by atoms with Gasteiger partial charge in [0.15, 0.2) is 0 Å². The normalized spacial score (nSPS) is 15.5. The van der Waals surface area contributed by atoms with E-state index in [4.69, 9.17) is 0 Å². The van der Waals surface area contributed by atoms with Gasteiger partial charge in [-0.1, -0.05) is 33.6 Å². The summed E-state index contributed by atoms with van der Waals surface area (Å²) in [6.45, 7) is 17.3. The van der Waals surface area contributed by atoms with E-state index >= 15 is 0 Å². The van der Waals surface area contributed by atoms with Crippen LogP contribution in [-0.2, 0) is 0 Å². The molecule has 0 fully saturated rings. The molecule has 0 bridgehead atoms. The van der Waals surface area contributed by atoms with Gasteiger partial charge in [-0.25, -0.2) is 0 Å². The molecule has 0 radical (unpaired) electrons. The molecule has 0 aromatic heterocycles.